The van der Waals surface area contributed by atoms with Crippen LogP contribution in [0, 0.1) is 0 Å². The summed E-state index contributed by atoms with van der Waals surface area (Å²) in [5.41, 5.74) is 7.88. The number of nitrogen functional groups attached to an aromatic ring is 1. The summed E-state index contributed by atoms with van der Waals surface area (Å²) in [6.07, 6.45) is 3.86. The second-order valence-corrected chi connectivity index (χ2v) is 4.76. The summed E-state index contributed by atoms with van der Waals surface area (Å²) in [6, 6.07) is 10.8. The van der Waals surface area contributed by atoms with Crippen molar-refractivity contribution in [3.8, 4) is 0 Å². The van der Waals surface area contributed by atoms with Crippen LogP contribution in [-0.4, -0.2) is 16.6 Å². The summed E-state index contributed by atoms with van der Waals surface area (Å²) >= 11 is 0. The van der Waals surface area contributed by atoms with Crippen LogP contribution >= 0.6 is 0 Å². The molecule has 18 heavy (non-hydrogen) atoms. The summed E-state index contributed by atoms with van der Waals surface area (Å²) in [7, 11) is 0. The van der Waals surface area contributed by atoms with Crippen molar-refractivity contribution in [1.82, 2.24) is 10.1 Å². The number of benzene rings is 1. The van der Waals surface area contributed by atoms with Crippen molar-refractivity contribution in [2.45, 2.75) is 25.4 Å². The van der Waals surface area contributed by atoms with Crippen molar-refractivity contribution in [1.29, 1.82) is 0 Å². The minimum atomic E-state index is 0.271. The highest BCUT2D eigenvalue weighted by Crippen LogP contribution is 2.35. The molecule has 94 valence electrons. The van der Waals surface area contributed by atoms with Gasteiger partial charge in [-0.3, -0.25) is 4.90 Å². The Balaban J connectivity index is 1.78. The molecule has 0 radical (unpaired) electrons. The first-order valence-electron chi connectivity index (χ1n) is 6.32. The Kier molecular flexibility index (Phi) is 3.02. The quantitative estimate of drug-likeness (QED) is 0.900. The molecule has 2 heterocycles. The Morgan fingerprint density at radius 2 is 2.17 bits per heavy atom. The molecule has 4 nitrogen and oxygen atoms in total. The number of nitrogens with two attached hydrogens (primary N) is 1. The zero-order valence-corrected chi connectivity index (χ0v) is 10.2. The largest absolute Gasteiger partial charge is 0.394 e. The van der Waals surface area contributed by atoms with Crippen LogP contribution in [-0.2, 0) is 6.54 Å². The van der Waals surface area contributed by atoms with Gasteiger partial charge < -0.3 is 10.3 Å². The predicted octanol–water partition coefficient (Wildman–Crippen LogP) is 2.59. The van der Waals surface area contributed by atoms with Crippen molar-refractivity contribution < 1.29 is 4.52 Å². The standard InChI is InChI=1S/C14H17N3O/c15-12-9-16-18-14(12)13-7-4-8-17(13)10-11-5-2-1-3-6-11/h1-3,5-6,9,13H,4,7-8,10,15H2. The first-order chi connectivity index (χ1) is 8.84. The molecular weight excluding hydrogens is 226 g/mol. The summed E-state index contributed by atoms with van der Waals surface area (Å²) in [5.74, 6) is 0.823. The molecular formula is C14H17N3O. The minimum absolute atomic E-state index is 0.271. The highest BCUT2D eigenvalue weighted by atomic mass is 16.5. The van der Waals surface area contributed by atoms with Gasteiger partial charge in [0, 0.05) is 6.54 Å². The molecule has 2 aromatic rings. The molecule has 2 N–H and O–H groups in total. The fourth-order valence-corrected chi connectivity index (χ4v) is 2.64. The summed E-state index contributed by atoms with van der Waals surface area (Å²) < 4.78 is 5.30. The van der Waals surface area contributed by atoms with E-state index in [9.17, 15) is 0 Å². The van der Waals surface area contributed by atoms with Crippen LogP contribution in [0.15, 0.2) is 41.1 Å². The van der Waals surface area contributed by atoms with Gasteiger partial charge in [0.1, 0.15) is 0 Å². The average molecular weight is 243 g/mol. The summed E-state index contributed by atoms with van der Waals surface area (Å²) in [6.45, 7) is 2.02. The fraction of sp³-hybridized carbons (Fsp3) is 0.357. The monoisotopic (exact) mass is 243 g/mol. The fourth-order valence-electron chi connectivity index (χ4n) is 2.64. The maximum atomic E-state index is 5.89. The summed E-state index contributed by atoms with van der Waals surface area (Å²) in [4.78, 5) is 2.41. The Morgan fingerprint density at radius 1 is 1.33 bits per heavy atom. The van der Waals surface area contributed by atoms with Crippen LogP contribution in [0.25, 0.3) is 0 Å². The highest BCUT2D eigenvalue weighted by Gasteiger charge is 2.30. The second kappa shape index (κ2) is 4.82. The Hall–Kier alpha value is -1.81. The lowest BCUT2D eigenvalue weighted by molar-refractivity contribution is 0.207. The zero-order valence-electron chi connectivity index (χ0n) is 10.2. The van der Waals surface area contributed by atoms with E-state index in [2.05, 4.69) is 34.3 Å². The maximum Gasteiger partial charge on any atom is 0.176 e. The molecule has 3 rings (SSSR count). The van der Waals surface area contributed by atoms with Gasteiger partial charge in [-0.15, -0.1) is 0 Å². The molecule has 1 saturated heterocycles. The lowest BCUT2D eigenvalue weighted by Crippen LogP contribution is -2.23. The van der Waals surface area contributed by atoms with E-state index in [1.807, 2.05) is 6.07 Å². The van der Waals surface area contributed by atoms with Gasteiger partial charge in [0.05, 0.1) is 17.9 Å². The molecule has 0 spiro atoms. The van der Waals surface area contributed by atoms with E-state index in [0.29, 0.717) is 5.69 Å². The van der Waals surface area contributed by atoms with Gasteiger partial charge in [-0.05, 0) is 24.9 Å². The number of anilines is 1. The van der Waals surface area contributed by atoms with Gasteiger partial charge in [-0.25, -0.2) is 0 Å². The number of aromatic nitrogens is 1. The molecule has 4 heteroatoms. The van der Waals surface area contributed by atoms with E-state index in [1.165, 1.54) is 12.0 Å². The van der Waals surface area contributed by atoms with E-state index in [-0.39, 0.29) is 6.04 Å². The second-order valence-electron chi connectivity index (χ2n) is 4.76. The molecule has 1 aromatic heterocycles. The smallest absolute Gasteiger partial charge is 0.176 e. The van der Waals surface area contributed by atoms with Gasteiger partial charge in [0.2, 0.25) is 0 Å². The van der Waals surface area contributed by atoms with Gasteiger partial charge in [0.15, 0.2) is 5.76 Å². The van der Waals surface area contributed by atoms with E-state index in [0.717, 1.165) is 25.3 Å². The van der Waals surface area contributed by atoms with Gasteiger partial charge in [-0.2, -0.15) is 0 Å². The minimum Gasteiger partial charge on any atom is -0.394 e. The Morgan fingerprint density at radius 3 is 2.89 bits per heavy atom. The molecule has 1 aliphatic heterocycles. The zero-order chi connectivity index (χ0) is 12.4. The van der Waals surface area contributed by atoms with E-state index >= 15 is 0 Å². The average Bonchev–Trinajstić information content (AvgIpc) is 2.99. The molecule has 1 aliphatic rings. The Bertz CT molecular complexity index is 509. The van der Waals surface area contributed by atoms with Crippen molar-refractivity contribution in [2.75, 3.05) is 12.3 Å². The molecule has 1 unspecified atom stereocenters. The van der Waals surface area contributed by atoms with Crippen LogP contribution in [0.4, 0.5) is 5.69 Å². The van der Waals surface area contributed by atoms with Crippen molar-refractivity contribution in [3.05, 3.63) is 47.9 Å². The lowest BCUT2D eigenvalue weighted by Gasteiger charge is -2.22. The number of nitrogens with zero attached hydrogens (tertiary/aromatic N) is 2. The van der Waals surface area contributed by atoms with Crippen LogP contribution in [0.2, 0.25) is 0 Å². The number of hydrogen-bond acceptors (Lipinski definition) is 4. The van der Waals surface area contributed by atoms with Crippen LogP contribution in [0.3, 0.4) is 0 Å². The predicted molar refractivity (Wildman–Crippen MR) is 69.7 cm³/mol. The maximum absolute atomic E-state index is 5.89. The molecule has 1 fully saturated rings. The SMILES string of the molecule is Nc1cnoc1C1CCCN1Cc1ccccc1. The first kappa shape index (κ1) is 11.3. The van der Waals surface area contributed by atoms with E-state index in [4.69, 9.17) is 10.3 Å². The third-order valence-electron chi connectivity index (χ3n) is 3.52. The highest BCUT2D eigenvalue weighted by molar-refractivity contribution is 5.40. The number of likely N-dealkylation sites (tertiary alicyclic amines) is 1. The summed E-state index contributed by atoms with van der Waals surface area (Å²) in [5, 5.41) is 3.78. The van der Waals surface area contributed by atoms with Crippen molar-refractivity contribution in [2.24, 2.45) is 0 Å². The van der Waals surface area contributed by atoms with E-state index < -0.39 is 0 Å². The van der Waals surface area contributed by atoms with Crippen LogP contribution in [0.5, 0.6) is 0 Å². The molecule has 1 atom stereocenters. The van der Waals surface area contributed by atoms with E-state index in [1.54, 1.807) is 6.20 Å². The van der Waals surface area contributed by atoms with Gasteiger partial charge in [-0.1, -0.05) is 35.5 Å². The molecule has 1 aromatic carbocycles. The number of rotatable bonds is 3. The molecule has 0 aliphatic carbocycles. The van der Waals surface area contributed by atoms with Crippen molar-refractivity contribution >= 4 is 5.69 Å². The van der Waals surface area contributed by atoms with Gasteiger partial charge >= 0.3 is 0 Å². The first-order valence-corrected chi connectivity index (χ1v) is 6.32. The topological polar surface area (TPSA) is 55.3 Å². The lowest BCUT2D eigenvalue weighted by atomic mass is 10.1. The van der Waals surface area contributed by atoms with Gasteiger partial charge in [0.25, 0.3) is 0 Å². The molecule has 0 bridgehead atoms. The molecule has 0 saturated carbocycles. The third kappa shape index (κ3) is 2.11. The Labute approximate surface area is 106 Å². The third-order valence-corrected chi connectivity index (χ3v) is 3.52. The van der Waals surface area contributed by atoms with Crippen LogP contribution < -0.4 is 5.73 Å². The van der Waals surface area contributed by atoms with Crippen molar-refractivity contribution in [3.63, 3.8) is 0 Å². The normalized spacial score (nSPS) is 20.3. The molecule has 0 amide bonds. The van der Waals surface area contributed by atoms with Crippen LogP contribution in [0.1, 0.15) is 30.2 Å². The number of hydrogen-bond donors (Lipinski definition) is 1.